The molecular weight excluding hydrogens is 224 g/mol. The van der Waals surface area contributed by atoms with Crippen LogP contribution in [-0.2, 0) is 0 Å². The smallest absolute Gasteiger partial charge is 0.141 e. The van der Waals surface area contributed by atoms with Crippen molar-refractivity contribution in [3.63, 3.8) is 0 Å². The Morgan fingerprint density at radius 2 is 2.22 bits per heavy atom. The number of hydrogen-bond acceptors (Lipinski definition) is 3. The molecule has 18 heavy (non-hydrogen) atoms. The zero-order valence-electron chi connectivity index (χ0n) is 11.4. The summed E-state index contributed by atoms with van der Waals surface area (Å²) in [6.45, 7) is 3.09. The van der Waals surface area contributed by atoms with Crippen LogP contribution in [0.5, 0.6) is 5.75 Å². The minimum atomic E-state index is 0.393. The second-order valence-corrected chi connectivity index (χ2v) is 5.38. The van der Waals surface area contributed by atoms with Gasteiger partial charge in [0.25, 0.3) is 0 Å². The maximum Gasteiger partial charge on any atom is 0.141 e. The summed E-state index contributed by atoms with van der Waals surface area (Å²) in [7, 11) is 1.71. The molecule has 0 radical (unpaired) electrons. The number of hydrogen-bond donors (Lipinski definition) is 2. The number of benzene rings is 1. The Hall–Kier alpha value is -1.22. The molecule has 0 aliphatic heterocycles. The number of rotatable bonds is 4. The molecule has 2 atom stereocenters. The van der Waals surface area contributed by atoms with Crippen LogP contribution in [0, 0.1) is 12.8 Å². The lowest BCUT2D eigenvalue weighted by Gasteiger charge is -2.27. The maximum atomic E-state index is 6.02. The first-order valence-electron chi connectivity index (χ1n) is 6.83. The van der Waals surface area contributed by atoms with Crippen molar-refractivity contribution in [1.82, 2.24) is 0 Å². The molecule has 3 N–H and O–H groups in total. The van der Waals surface area contributed by atoms with Gasteiger partial charge in [-0.15, -0.1) is 0 Å². The maximum absolute atomic E-state index is 6.02. The van der Waals surface area contributed by atoms with Crippen molar-refractivity contribution < 1.29 is 4.74 Å². The summed E-state index contributed by atoms with van der Waals surface area (Å²) in [6, 6.07) is 6.62. The molecule has 1 fully saturated rings. The highest BCUT2D eigenvalue weighted by atomic mass is 16.5. The highest BCUT2D eigenvalue weighted by Gasteiger charge is 2.19. The van der Waals surface area contributed by atoms with E-state index in [2.05, 4.69) is 24.4 Å². The van der Waals surface area contributed by atoms with E-state index in [-0.39, 0.29) is 0 Å². The average molecular weight is 248 g/mol. The molecule has 1 aromatic rings. The molecule has 2 unspecified atom stereocenters. The van der Waals surface area contributed by atoms with Gasteiger partial charge in [-0.2, -0.15) is 0 Å². The van der Waals surface area contributed by atoms with E-state index in [1.165, 1.54) is 24.8 Å². The molecule has 2 rings (SSSR count). The molecule has 1 aliphatic carbocycles. The molecule has 0 amide bonds. The van der Waals surface area contributed by atoms with E-state index in [9.17, 15) is 0 Å². The molecule has 0 heterocycles. The fourth-order valence-corrected chi connectivity index (χ4v) is 2.73. The Labute approximate surface area is 110 Å². The third kappa shape index (κ3) is 3.39. The summed E-state index contributed by atoms with van der Waals surface area (Å²) in [5.74, 6) is 1.61. The van der Waals surface area contributed by atoms with Gasteiger partial charge in [-0.1, -0.05) is 12.5 Å². The third-order valence-corrected chi connectivity index (χ3v) is 3.76. The Bertz CT molecular complexity index is 392. The van der Waals surface area contributed by atoms with Gasteiger partial charge < -0.3 is 15.8 Å². The van der Waals surface area contributed by atoms with Crippen molar-refractivity contribution in [1.29, 1.82) is 0 Å². The first-order chi connectivity index (χ1) is 8.69. The first kappa shape index (κ1) is 13.2. The Morgan fingerprint density at radius 3 is 2.94 bits per heavy atom. The minimum absolute atomic E-state index is 0.393. The van der Waals surface area contributed by atoms with Crippen molar-refractivity contribution in [2.45, 2.75) is 38.6 Å². The van der Waals surface area contributed by atoms with Crippen LogP contribution in [-0.4, -0.2) is 19.7 Å². The standard InChI is InChI=1S/C15H24N2O/c1-11-6-7-15(18-2)14(8-11)17-10-12-4-3-5-13(16)9-12/h6-8,12-13,17H,3-5,9-10,16H2,1-2H3. The zero-order chi connectivity index (χ0) is 13.0. The number of ether oxygens (including phenoxy) is 1. The van der Waals surface area contributed by atoms with E-state index in [0.29, 0.717) is 12.0 Å². The van der Waals surface area contributed by atoms with Crippen LogP contribution in [0.15, 0.2) is 18.2 Å². The van der Waals surface area contributed by atoms with Crippen molar-refractivity contribution in [2.24, 2.45) is 11.7 Å². The molecule has 1 aromatic carbocycles. The Kier molecular flexibility index (Phi) is 4.48. The first-order valence-corrected chi connectivity index (χ1v) is 6.83. The quantitative estimate of drug-likeness (QED) is 0.861. The van der Waals surface area contributed by atoms with Gasteiger partial charge in [0, 0.05) is 12.6 Å². The predicted molar refractivity (Wildman–Crippen MR) is 76.2 cm³/mol. The second kappa shape index (κ2) is 6.10. The van der Waals surface area contributed by atoms with Gasteiger partial charge in [-0.05, 0) is 49.8 Å². The molecule has 0 bridgehead atoms. The molecule has 1 aliphatic rings. The van der Waals surface area contributed by atoms with Gasteiger partial charge in [-0.25, -0.2) is 0 Å². The summed E-state index contributed by atoms with van der Waals surface area (Å²) in [6.07, 6.45) is 4.87. The van der Waals surface area contributed by atoms with E-state index in [1.807, 2.05) is 6.07 Å². The number of nitrogens with two attached hydrogens (primary N) is 1. The van der Waals surface area contributed by atoms with Gasteiger partial charge >= 0.3 is 0 Å². The Balaban J connectivity index is 1.94. The summed E-state index contributed by atoms with van der Waals surface area (Å²) in [4.78, 5) is 0. The predicted octanol–water partition coefficient (Wildman–Crippen LogP) is 2.93. The lowest BCUT2D eigenvalue weighted by atomic mass is 9.86. The topological polar surface area (TPSA) is 47.3 Å². The number of aryl methyl sites for hydroxylation is 1. The highest BCUT2D eigenvalue weighted by molar-refractivity contribution is 5.57. The molecule has 3 nitrogen and oxygen atoms in total. The van der Waals surface area contributed by atoms with Crippen molar-refractivity contribution >= 4 is 5.69 Å². The van der Waals surface area contributed by atoms with Crippen LogP contribution in [0.25, 0.3) is 0 Å². The van der Waals surface area contributed by atoms with Gasteiger partial charge in [0.05, 0.1) is 12.8 Å². The van der Waals surface area contributed by atoms with E-state index in [1.54, 1.807) is 7.11 Å². The van der Waals surface area contributed by atoms with Crippen molar-refractivity contribution in [3.8, 4) is 5.75 Å². The second-order valence-electron chi connectivity index (χ2n) is 5.38. The molecule has 0 aromatic heterocycles. The molecule has 0 saturated heterocycles. The van der Waals surface area contributed by atoms with E-state index >= 15 is 0 Å². The van der Waals surface area contributed by atoms with E-state index < -0.39 is 0 Å². The number of nitrogens with one attached hydrogen (secondary N) is 1. The van der Waals surface area contributed by atoms with Crippen LogP contribution in [0.4, 0.5) is 5.69 Å². The minimum Gasteiger partial charge on any atom is -0.495 e. The zero-order valence-corrected chi connectivity index (χ0v) is 11.4. The highest BCUT2D eigenvalue weighted by Crippen LogP contribution is 2.28. The van der Waals surface area contributed by atoms with Crippen LogP contribution >= 0.6 is 0 Å². The van der Waals surface area contributed by atoms with Crippen LogP contribution in [0.1, 0.15) is 31.2 Å². The van der Waals surface area contributed by atoms with Crippen LogP contribution < -0.4 is 15.8 Å². The van der Waals surface area contributed by atoms with Gasteiger partial charge in [-0.3, -0.25) is 0 Å². The normalized spacial score (nSPS) is 23.7. The lowest BCUT2D eigenvalue weighted by molar-refractivity contribution is 0.334. The van der Waals surface area contributed by atoms with Crippen LogP contribution in [0.3, 0.4) is 0 Å². The molecule has 0 spiro atoms. The fourth-order valence-electron chi connectivity index (χ4n) is 2.73. The summed E-state index contributed by atoms with van der Waals surface area (Å²) < 4.78 is 5.37. The fraction of sp³-hybridized carbons (Fsp3) is 0.600. The summed E-state index contributed by atoms with van der Waals surface area (Å²) in [5, 5.41) is 3.51. The van der Waals surface area contributed by atoms with Crippen molar-refractivity contribution in [3.05, 3.63) is 23.8 Å². The van der Waals surface area contributed by atoms with Gasteiger partial charge in [0.15, 0.2) is 0 Å². The van der Waals surface area contributed by atoms with Gasteiger partial charge in [0.1, 0.15) is 5.75 Å². The molecular formula is C15H24N2O. The number of anilines is 1. The summed E-state index contributed by atoms with van der Waals surface area (Å²) in [5.41, 5.74) is 8.36. The van der Waals surface area contributed by atoms with Gasteiger partial charge in [0.2, 0.25) is 0 Å². The van der Waals surface area contributed by atoms with E-state index in [4.69, 9.17) is 10.5 Å². The molecule has 1 saturated carbocycles. The third-order valence-electron chi connectivity index (χ3n) is 3.76. The monoisotopic (exact) mass is 248 g/mol. The lowest BCUT2D eigenvalue weighted by Crippen LogP contribution is -2.31. The average Bonchev–Trinajstić information content (AvgIpc) is 2.37. The largest absolute Gasteiger partial charge is 0.495 e. The van der Waals surface area contributed by atoms with E-state index in [0.717, 1.165) is 24.4 Å². The molecule has 100 valence electrons. The summed E-state index contributed by atoms with van der Waals surface area (Å²) >= 11 is 0. The number of methoxy groups -OCH3 is 1. The SMILES string of the molecule is COc1ccc(C)cc1NCC1CCCC(N)C1. The van der Waals surface area contributed by atoms with Crippen LogP contribution in [0.2, 0.25) is 0 Å². The van der Waals surface area contributed by atoms with Crippen molar-refractivity contribution in [2.75, 3.05) is 19.0 Å². The Morgan fingerprint density at radius 1 is 1.39 bits per heavy atom. The molecule has 3 heteroatoms.